The van der Waals surface area contributed by atoms with Gasteiger partial charge in [-0.25, -0.2) is 0 Å². The fraction of sp³-hybridized carbons (Fsp3) is 0.765. The van der Waals surface area contributed by atoms with Gasteiger partial charge in [0.05, 0.1) is 0 Å². The SMILES string of the molecule is CC(C)=CCN1CCN(C)[C@@]2(CCC(=O)N(CC(=O)O)CC2)C1. The summed E-state index contributed by atoms with van der Waals surface area (Å²) < 4.78 is 0. The van der Waals surface area contributed by atoms with E-state index >= 15 is 0 Å². The lowest BCUT2D eigenvalue weighted by molar-refractivity contribution is -0.144. The second kappa shape index (κ2) is 7.45. The van der Waals surface area contributed by atoms with Gasteiger partial charge in [-0.1, -0.05) is 11.6 Å². The summed E-state index contributed by atoms with van der Waals surface area (Å²) in [7, 11) is 2.13. The zero-order chi connectivity index (χ0) is 17.0. The molecule has 2 aliphatic rings. The van der Waals surface area contributed by atoms with Gasteiger partial charge in [0.2, 0.25) is 5.91 Å². The van der Waals surface area contributed by atoms with Gasteiger partial charge < -0.3 is 10.0 Å². The summed E-state index contributed by atoms with van der Waals surface area (Å²) in [6.07, 6.45) is 4.34. The summed E-state index contributed by atoms with van der Waals surface area (Å²) in [6.45, 7) is 8.50. The van der Waals surface area contributed by atoms with Crippen LogP contribution in [0.3, 0.4) is 0 Å². The summed E-state index contributed by atoms with van der Waals surface area (Å²) in [6, 6.07) is 0. The van der Waals surface area contributed by atoms with E-state index in [0.29, 0.717) is 13.0 Å². The van der Waals surface area contributed by atoms with Gasteiger partial charge in [0, 0.05) is 44.7 Å². The van der Waals surface area contributed by atoms with Crippen molar-refractivity contribution in [2.24, 2.45) is 0 Å². The van der Waals surface area contributed by atoms with Crippen LogP contribution in [0.5, 0.6) is 0 Å². The van der Waals surface area contributed by atoms with Crippen molar-refractivity contribution in [1.29, 1.82) is 0 Å². The summed E-state index contributed by atoms with van der Waals surface area (Å²) in [4.78, 5) is 29.5. The number of likely N-dealkylation sites (tertiary alicyclic amines) is 1. The lowest BCUT2D eigenvalue weighted by Gasteiger charge is -2.49. The van der Waals surface area contributed by atoms with Gasteiger partial charge in [0.15, 0.2) is 0 Å². The van der Waals surface area contributed by atoms with E-state index in [1.54, 1.807) is 0 Å². The number of allylic oxidation sites excluding steroid dienone is 1. The van der Waals surface area contributed by atoms with Crippen LogP contribution in [-0.2, 0) is 9.59 Å². The monoisotopic (exact) mass is 323 g/mol. The molecule has 2 rings (SSSR count). The highest BCUT2D eigenvalue weighted by molar-refractivity contribution is 5.81. The Bertz CT molecular complexity index is 487. The highest BCUT2D eigenvalue weighted by Crippen LogP contribution is 2.32. The van der Waals surface area contributed by atoms with Crippen LogP contribution >= 0.6 is 0 Å². The lowest BCUT2D eigenvalue weighted by Crippen LogP contribution is -2.61. The van der Waals surface area contributed by atoms with Crippen molar-refractivity contribution in [1.82, 2.24) is 14.7 Å². The number of likely N-dealkylation sites (N-methyl/N-ethyl adjacent to an activating group) is 1. The molecule has 0 unspecified atom stereocenters. The summed E-state index contributed by atoms with van der Waals surface area (Å²) in [5.74, 6) is -0.962. The molecule has 0 radical (unpaired) electrons. The highest BCUT2D eigenvalue weighted by atomic mass is 16.4. The van der Waals surface area contributed by atoms with Crippen molar-refractivity contribution < 1.29 is 14.7 Å². The predicted molar refractivity (Wildman–Crippen MR) is 89.3 cm³/mol. The normalized spacial score (nSPS) is 27.1. The maximum Gasteiger partial charge on any atom is 0.323 e. The third-order valence-electron chi connectivity index (χ3n) is 5.17. The molecule has 0 bridgehead atoms. The molecule has 6 nitrogen and oxygen atoms in total. The van der Waals surface area contributed by atoms with Gasteiger partial charge >= 0.3 is 5.97 Å². The number of aliphatic carboxylic acids is 1. The number of nitrogens with zero attached hydrogens (tertiary/aromatic N) is 3. The Hall–Kier alpha value is -1.40. The van der Waals surface area contributed by atoms with Crippen LogP contribution < -0.4 is 0 Å². The van der Waals surface area contributed by atoms with Crippen molar-refractivity contribution in [3.63, 3.8) is 0 Å². The van der Waals surface area contributed by atoms with E-state index in [0.717, 1.165) is 39.0 Å². The smallest absolute Gasteiger partial charge is 0.323 e. The second-order valence-corrected chi connectivity index (χ2v) is 7.12. The Morgan fingerprint density at radius 1 is 1.26 bits per heavy atom. The molecule has 6 heteroatoms. The molecule has 0 aromatic rings. The van der Waals surface area contributed by atoms with Crippen LogP contribution in [0, 0.1) is 0 Å². The molecule has 2 heterocycles. The molecule has 1 N–H and O–H groups in total. The third-order valence-corrected chi connectivity index (χ3v) is 5.17. The predicted octanol–water partition coefficient (Wildman–Crippen LogP) is 1.04. The fourth-order valence-electron chi connectivity index (χ4n) is 3.57. The molecule has 0 aromatic heterocycles. The molecule has 0 aliphatic carbocycles. The third kappa shape index (κ3) is 4.54. The number of rotatable bonds is 4. The summed E-state index contributed by atoms with van der Waals surface area (Å²) >= 11 is 0. The number of carboxylic acids is 1. The number of carboxylic acid groups (broad SMARTS) is 1. The van der Waals surface area contributed by atoms with Crippen LogP contribution in [-0.4, -0.2) is 83.5 Å². The Morgan fingerprint density at radius 2 is 2.00 bits per heavy atom. The minimum atomic E-state index is -0.934. The topological polar surface area (TPSA) is 64.1 Å². The van der Waals surface area contributed by atoms with E-state index < -0.39 is 5.97 Å². The largest absolute Gasteiger partial charge is 0.480 e. The Labute approximate surface area is 138 Å². The van der Waals surface area contributed by atoms with E-state index in [1.165, 1.54) is 10.5 Å². The molecule has 2 aliphatic heterocycles. The molecule has 23 heavy (non-hydrogen) atoms. The van der Waals surface area contributed by atoms with Crippen molar-refractivity contribution in [3.05, 3.63) is 11.6 Å². The average molecular weight is 323 g/mol. The maximum absolute atomic E-state index is 12.2. The molecule has 130 valence electrons. The van der Waals surface area contributed by atoms with Crippen LogP contribution in [0.1, 0.15) is 33.1 Å². The summed E-state index contributed by atoms with van der Waals surface area (Å²) in [5.41, 5.74) is 1.30. The Balaban J connectivity index is 2.07. The first-order valence-electron chi connectivity index (χ1n) is 8.39. The van der Waals surface area contributed by atoms with Gasteiger partial charge in [-0.3, -0.25) is 19.4 Å². The van der Waals surface area contributed by atoms with E-state index in [-0.39, 0.29) is 18.0 Å². The quantitative estimate of drug-likeness (QED) is 0.783. The minimum Gasteiger partial charge on any atom is -0.480 e. The number of hydrogen-bond donors (Lipinski definition) is 1. The first-order valence-corrected chi connectivity index (χ1v) is 8.39. The van der Waals surface area contributed by atoms with Crippen molar-refractivity contribution in [2.75, 3.05) is 46.3 Å². The molecule has 1 amide bonds. The molecular formula is C17H29N3O3. The number of piperazine rings is 1. The molecule has 0 aromatic carbocycles. The first kappa shape index (κ1) is 17.9. The van der Waals surface area contributed by atoms with Crippen molar-refractivity contribution in [3.8, 4) is 0 Å². The lowest BCUT2D eigenvalue weighted by atomic mass is 9.86. The van der Waals surface area contributed by atoms with Crippen LogP contribution in [0.15, 0.2) is 11.6 Å². The summed E-state index contributed by atoms with van der Waals surface area (Å²) in [5, 5.41) is 8.97. The number of carbonyl (C=O) groups is 2. The molecule has 1 atom stereocenters. The van der Waals surface area contributed by atoms with E-state index in [9.17, 15) is 9.59 Å². The van der Waals surface area contributed by atoms with Gasteiger partial charge in [-0.15, -0.1) is 0 Å². The standard InChI is InChI=1S/C17H29N3O3/c1-14(2)5-8-19-11-10-18(3)17(13-19)6-4-15(21)20(9-7-17)12-16(22)23/h5H,4,6-13H2,1-3H3,(H,22,23)/t17-/m1/s1. The minimum absolute atomic E-state index is 0.0172. The Morgan fingerprint density at radius 3 is 2.65 bits per heavy atom. The van der Waals surface area contributed by atoms with E-state index in [2.05, 4.69) is 36.8 Å². The van der Waals surface area contributed by atoms with Crippen molar-refractivity contribution in [2.45, 2.75) is 38.6 Å². The first-order chi connectivity index (χ1) is 10.8. The number of carbonyl (C=O) groups excluding carboxylic acids is 1. The zero-order valence-corrected chi connectivity index (χ0v) is 14.5. The Kier molecular flexibility index (Phi) is 5.81. The maximum atomic E-state index is 12.2. The van der Waals surface area contributed by atoms with Gasteiger partial charge in [-0.05, 0) is 33.7 Å². The van der Waals surface area contributed by atoms with Crippen LogP contribution in [0.4, 0.5) is 0 Å². The number of amides is 1. The van der Waals surface area contributed by atoms with Gasteiger partial charge in [0.25, 0.3) is 0 Å². The average Bonchev–Trinajstić information content (AvgIpc) is 2.63. The molecular weight excluding hydrogens is 294 g/mol. The number of hydrogen-bond acceptors (Lipinski definition) is 4. The van der Waals surface area contributed by atoms with Crippen molar-refractivity contribution >= 4 is 11.9 Å². The van der Waals surface area contributed by atoms with Crippen LogP contribution in [0.25, 0.3) is 0 Å². The van der Waals surface area contributed by atoms with E-state index in [1.807, 2.05) is 0 Å². The van der Waals surface area contributed by atoms with Gasteiger partial charge in [0.1, 0.15) is 6.54 Å². The molecule has 0 saturated carbocycles. The second-order valence-electron chi connectivity index (χ2n) is 7.12. The molecule has 1 spiro atoms. The van der Waals surface area contributed by atoms with Crippen LogP contribution in [0.2, 0.25) is 0 Å². The van der Waals surface area contributed by atoms with E-state index in [4.69, 9.17) is 5.11 Å². The van der Waals surface area contributed by atoms with Gasteiger partial charge in [-0.2, -0.15) is 0 Å². The fourth-order valence-corrected chi connectivity index (χ4v) is 3.57. The molecule has 2 saturated heterocycles. The highest BCUT2D eigenvalue weighted by Gasteiger charge is 2.42. The molecule has 2 fully saturated rings. The zero-order valence-electron chi connectivity index (χ0n) is 14.5.